The molecular weight excluding hydrogens is 342 g/mol. The molecule has 1 saturated carbocycles. The lowest BCUT2D eigenvalue weighted by Crippen LogP contribution is -2.27. The topological polar surface area (TPSA) is 96.0 Å². The third-order valence-electron chi connectivity index (χ3n) is 4.53. The molecule has 7 nitrogen and oxygen atoms in total. The number of hydrogen-bond donors (Lipinski definition) is 3. The normalized spacial score (nSPS) is 14.7. The number of nitrogens with zero attached hydrogens (tertiary/aromatic N) is 2. The van der Waals surface area contributed by atoms with Gasteiger partial charge in [-0.2, -0.15) is 0 Å². The van der Waals surface area contributed by atoms with E-state index in [4.69, 9.17) is 0 Å². The van der Waals surface area contributed by atoms with E-state index in [2.05, 4.69) is 25.9 Å². The lowest BCUT2D eigenvalue weighted by atomic mass is 9.88. The van der Waals surface area contributed by atoms with Crippen molar-refractivity contribution in [3.63, 3.8) is 0 Å². The number of anilines is 4. The number of Topliss-reactive ketones (excluding diaryl/α,β-unsaturated/α-hetero) is 1. The lowest BCUT2D eigenvalue weighted by Gasteiger charge is -2.20. The van der Waals surface area contributed by atoms with Crippen LogP contribution < -0.4 is 16.0 Å². The Morgan fingerprint density at radius 2 is 1.70 bits per heavy atom. The monoisotopic (exact) mass is 367 g/mol. The first-order chi connectivity index (χ1) is 13.0. The van der Waals surface area contributed by atoms with Gasteiger partial charge in [-0.05, 0) is 51.0 Å². The molecule has 1 fully saturated rings. The smallest absolute Gasteiger partial charge is 0.227 e. The summed E-state index contributed by atoms with van der Waals surface area (Å²) in [5.41, 5.74) is 1.62. The molecule has 0 unspecified atom stereocenters. The molecule has 3 N–H and O–H groups in total. The zero-order valence-corrected chi connectivity index (χ0v) is 15.7. The summed E-state index contributed by atoms with van der Waals surface area (Å²) in [5.74, 6) is 2.35. The second-order valence-electron chi connectivity index (χ2n) is 6.72. The Kier molecular flexibility index (Phi) is 6.01. The fraction of sp³-hybridized carbons (Fsp3) is 0.400. The fourth-order valence-electron chi connectivity index (χ4n) is 3.13. The molecule has 7 heteroatoms. The Bertz CT molecular complexity index is 810. The van der Waals surface area contributed by atoms with Crippen molar-refractivity contribution in [1.29, 1.82) is 0 Å². The summed E-state index contributed by atoms with van der Waals surface area (Å²) >= 11 is 0. The number of rotatable bonds is 6. The molecule has 1 aliphatic rings. The van der Waals surface area contributed by atoms with E-state index >= 15 is 0 Å². The highest BCUT2D eigenvalue weighted by Gasteiger charge is 2.24. The van der Waals surface area contributed by atoms with Gasteiger partial charge in [0.05, 0.1) is 0 Å². The minimum Gasteiger partial charge on any atom is -0.370 e. The van der Waals surface area contributed by atoms with E-state index in [0.717, 1.165) is 23.7 Å². The number of benzene rings is 1. The molecule has 0 saturated heterocycles. The number of carbonyl (C=O) groups excluding carboxylic acids is 2. The molecular formula is C20H25N5O2. The second kappa shape index (κ2) is 8.62. The predicted molar refractivity (Wildman–Crippen MR) is 106 cm³/mol. The van der Waals surface area contributed by atoms with Crippen molar-refractivity contribution >= 4 is 34.7 Å². The highest BCUT2D eigenvalue weighted by Crippen LogP contribution is 2.24. The van der Waals surface area contributed by atoms with Crippen molar-refractivity contribution in [2.45, 2.75) is 39.5 Å². The Morgan fingerprint density at radius 3 is 2.37 bits per heavy atom. The van der Waals surface area contributed by atoms with Crippen LogP contribution in [0.2, 0.25) is 0 Å². The third-order valence-corrected chi connectivity index (χ3v) is 4.53. The highest BCUT2D eigenvalue weighted by atomic mass is 16.2. The van der Waals surface area contributed by atoms with Crippen LogP contribution >= 0.6 is 0 Å². The van der Waals surface area contributed by atoms with Gasteiger partial charge in [0.2, 0.25) is 5.91 Å². The minimum absolute atomic E-state index is 0.00934. The van der Waals surface area contributed by atoms with Gasteiger partial charge in [-0.15, -0.1) is 0 Å². The van der Waals surface area contributed by atoms with Gasteiger partial charge in [0.15, 0.2) is 0 Å². The van der Waals surface area contributed by atoms with Crippen molar-refractivity contribution in [3.05, 3.63) is 36.2 Å². The first kappa shape index (κ1) is 18.8. The van der Waals surface area contributed by atoms with Crippen LogP contribution in [0, 0.1) is 12.8 Å². The van der Waals surface area contributed by atoms with Crippen LogP contribution in [0.15, 0.2) is 30.3 Å². The van der Waals surface area contributed by atoms with Crippen LogP contribution in [0.25, 0.3) is 0 Å². The van der Waals surface area contributed by atoms with Crippen molar-refractivity contribution < 1.29 is 9.59 Å². The molecule has 142 valence electrons. The summed E-state index contributed by atoms with van der Waals surface area (Å²) in [6, 6.07) is 9.35. The molecule has 0 aliphatic heterocycles. The first-order valence-electron chi connectivity index (χ1n) is 9.32. The Balaban J connectivity index is 1.60. The van der Waals surface area contributed by atoms with Crippen LogP contribution in [0.3, 0.4) is 0 Å². The molecule has 2 aromatic rings. The van der Waals surface area contributed by atoms with E-state index in [1.165, 1.54) is 0 Å². The van der Waals surface area contributed by atoms with Crippen LogP contribution in [0.5, 0.6) is 0 Å². The van der Waals surface area contributed by atoms with Crippen LogP contribution in [-0.2, 0) is 9.59 Å². The number of carbonyl (C=O) groups is 2. The molecule has 1 aromatic heterocycles. The molecule has 0 spiro atoms. The van der Waals surface area contributed by atoms with Crippen LogP contribution in [0.4, 0.5) is 23.0 Å². The standard InChI is InChI=1S/C20H25N5O2/c1-3-21-18-12-19(23-13(2)22-18)24-15-6-8-16(9-7-15)25-20(27)14-4-10-17(26)11-5-14/h6-9,12,14H,3-5,10-11H2,1-2H3,(H,25,27)(H2,21,22,23,24). The summed E-state index contributed by atoms with van der Waals surface area (Å²) in [6.45, 7) is 4.66. The quantitative estimate of drug-likeness (QED) is 0.721. The molecule has 1 amide bonds. The molecule has 0 bridgehead atoms. The number of hydrogen-bond acceptors (Lipinski definition) is 6. The van der Waals surface area contributed by atoms with Gasteiger partial charge in [0.1, 0.15) is 23.2 Å². The highest BCUT2D eigenvalue weighted by molar-refractivity contribution is 5.94. The van der Waals surface area contributed by atoms with Gasteiger partial charge in [-0.25, -0.2) is 9.97 Å². The van der Waals surface area contributed by atoms with E-state index in [0.29, 0.717) is 37.3 Å². The van der Waals surface area contributed by atoms with Crippen molar-refractivity contribution in [2.75, 3.05) is 22.5 Å². The SMILES string of the molecule is CCNc1cc(Nc2ccc(NC(=O)C3CCC(=O)CC3)cc2)nc(C)n1. The van der Waals surface area contributed by atoms with Gasteiger partial charge < -0.3 is 16.0 Å². The van der Waals surface area contributed by atoms with Crippen LogP contribution in [0.1, 0.15) is 38.4 Å². The maximum absolute atomic E-state index is 12.3. The number of aryl methyl sites for hydroxylation is 1. The summed E-state index contributed by atoms with van der Waals surface area (Å²) in [6.07, 6.45) is 2.30. The van der Waals surface area contributed by atoms with Gasteiger partial charge in [-0.3, -0.25) is 9.59 Å². The molecule has 0 atom stereocenters. The molecule has 1 aromatic carbocycles. The molecule has 1 heterocycles. The zero-order chi connectivity index (χ0) is 19.2. The average Bonchev–Trinajstić information content (AvgIpc) is 2.64. The summed E-state index contributed by atoms with van der Waals surface area (Å²) in [5, 5.41) is 9.37. The van der Waals surface area contributed by atoms with E-state index in [-0.39, 0.29) is 17.6 Å². The number of amides is 1. The van der Waals surface area contributed by atoms with E-state index in [1.807, 2.05) is 44.2 Å². The predicted octanol–water partition coefficient (Wildman–Crippen LogP) is 3.66. The molecule has 3 rings (SSSR count). The first-order valence-corrected chi connectivity index (χ1v) is 9.32. The number of aromatic nitrogens is 2. The van der Waals surface area contributed by atoms with Crippen LogP contribution in [-0.4, -0.2) is 28.2 Å². The number of ketones is 1. The third kappa shape index (κ3) is 5.26. The lowest BCUT2D eigenvalue weighted by molar-refractivity contribution is -0.125. The van der Waals surface area contributed by atoms with Gasteiger partial charge in [0, 0.05) is 42.7 Å². The van der Waals surface area contributed by atoms with Gasteiger partial charge >= 0.3 is 0 Å². The van der Waals surface area contributed by atoms with Crippen molar-refractivity contribution in [2.24, 2.45) is 5.92 Å². The molecule has 1 aliphatic carbocycles. The average molecular weight is 367 g/mol. The Labute approximate surface area is 159 Å². The minimum atomic E-state index is -0.0750. The summed E-state index contributed by atoms with van der Waals surface area (Å²) < 4.78 is 0. The van der Waals surface area contributed by atoms with E-state index < -0.39 is 0 Å². The summed E-state index contributed by atoms with van der Waals surface area (Å²) in [7, 11) is 0. The second-order valence-corrected chi connectivity index (χ2v) is 6.72. The fourth-order valence-corrected chi connectivity index (χ4v) is 3.13. The maximum atomic E-state index is 12.3. The van der Waals surface area contributed by atoms with E-state index in [9.17, 15) is 9.59 Å². The largest absolute Gasteiger partial charge is 0.370 e. The maximum Gasteiger partial charge on any atom is 0.227 e. The van der Waals surface area contributed by atoms with E-state index in [1.54, 1.807) is 0 Å². The zero-order valence-electron chi connectivity index (χ0n) is 15.7. The van der Waals surface area contributed by atoms with Crippen molar-refractivity contribution in [1.82, 2.24) is 9.97 Å². The molecule has 27 heavy (non-hydrogen) atoms. The Hall–Kier alpha value is -2.96. The summed E-state index contributed by atoms with van der Waals surface area (Å²) in [4.78, 5) is 32.3. The Morgan fingerprint density at radius 1 is 1.07 bits per heavy atom. The number of nitrogens with one attached hydrogen (secondary N) is 3. The van der Waals surface area contributed by atoms with Crippen molar-refractivity contribution in [3.8, 4) is 0 Å². The van der Waals surface area contributed by atoms with Gasteiger partial charge in [-0.1, -0.05) is 0 Å². The molecule has 0 radical (unpaired) electrons. The van der Waals surface area contributed by atoms with Gasteiger partial charge in [0.25, 0.3) is 0 Å².